The Bertz CT molecular complexity index is 1310. The minimum absolute atomic E-state index is 0.248. The third kappa shape index (κ3) is 3.86. The van der Waals surface area contributed by atoms with Crippen molar-refractivity contribution in [2.24, 2.45) is 0 Å². The number of nitrogens with zero attached hydrogens (tertiary/aromatic N) is 2. The highest BCUT2D eigenvalue weighted by Gasteiger charge is 2.17. The van der Waals surface area contributed by atoms with E-state index in [-0.39, 0.29) is 5.91 Å². The number of hydrogen-bond acceptors (Lipinski definition) is 5. The minimum Gasteiger partial charge on any atom is -0.444 e. The maximum atomic E-state index is 13.0. The number of benzene rings is 3. The number of oxazole rings is 2. The zero-order valence-electron chi connectivity index (χ0n) is 16.4. The Morgan fingerprint density at radius 1 is 0.774 bits per heavy atom. The zero-order valence-corrected chi connectivity index (χ0v) is 16.4. The van der Waals surface area contributed by atoms with Crippen molar-refractivity contribution in [3.8, 4) is 34.1 Å². The Morgan fingerprint density at radius 3 is 2.29 bits per heavy atom. The van der Waals surface area contributed by atoms with Crippen molar-refractivity contribution < 1.29 is 13.6 Å². The lowest BCUT2D eigenvalue weighted by Crippen LogP contribution is -2.13. The molecule has 1 amide bonds. The van der Waals surface area contributed by atoms with E-state index in [2.05, 4.69) is 15.3 Å². The molecule has 6 heteroatoms. The summed E-state index contributed by atoms with van der Waals surface area (Å²) in [5.74, 6) is 1.46. The van der Waals surface area contributed by atoms with Crippen molar-refractivity contribution in [2.45, 2.75) is 0 Å². The normalized spacial score (nSPS) is 10.7. The molecule has 6 nitrogen and oxygen atoms in total. The highest BCUT2D eigenvalue weighted by Crippen LogP contribution is 2.29. The van der Waals surface area contributed by atoms with Crippen molar-refractivity contribution in [1.82, 2.24) is 9.97 Å². The average molecular weight is 407 g/mol. The van der Waals surface area contributed by atoms with Crippen LogP contribution in [0.2, 0.25) is 0 Å². The molecule has 3 aromatic carbocycles. The van der Waals surface area contributed by atoms with Gasteiger partial charge in [0.25, 0.3) is 5.91 Å². The van der Waals surface area contributed by atoms with E-state index in [4.69, 9.17) is 8.83 Å². The Kier molecular flexibility index (Phi) is 4.86. The third-order valence-corrected chi connectivity index (χ3v) is 4.83. The number of carbonyl (C=O) groups is 1. The number of aromatic nitrogens is 2. The van der Waals surface area contributed by atoms with Gasteiger partial charge >= 0.3 is 0 Å². The molecular formula is C25H17N3O3. The standard InChI is InChI=1S/C25H17N3O3/c29-24(28-19-12-10-18(11-13-19)22-14-26-16-30-22)20-8-4-5-9-21(20)25-27-15-23(31-25)17-6-2-1-3-7-17/h1-16H,(H,28,29). The van der Waals surface area contributed by atoms with Gasteiger partial charge in [0.2, 0.25) is 5.89 Å². The molecule has 0 saturated carbocycles. The van der Waals surface area contributed by atoms with Crippen LogP contribution >= 0.6 is 0 Å². The first-order valence-corrected chi connectivity index (χ1v) is 9.69. The van der Waals surface area contributed by atoms with E-state index in [0.29, 0.717) is 34.2 Å². The number of anilines is 1. The van der Waals surface area contributed by atoms with Crippen LogP contribution < -0.4 is 5.32 Å². The van der Waals surface area contributed by atoms with E-state index in [0.717, 1.165) is 11.1 Å². The van der Waals surface area contributed by atoms with Gasteiger partial charge in [0.1, 0.15) is 0 Å². The van der Waals surface area contributed by atoms with Gasteiger partial charge in [-0.1, -0.05) is 42.5 Å². The highest BCUT2D eigenvalue weighted by atomic mass is 16.4. The van der Waals surface area contributed by atoms with Crippen LogP contribution in [0.3, 0.4) is 0 Å². The molecule has 0 aliphatic carbocycles. The topological polar surface area (TPSA) is 81.2 Å². The van der Waals surface area contributed by atoms with Crippen molar-refractivity contribution >= 4 is 11.6 Å². The molecule has 31 heavy (non-hydrogen) atoms. The van der Waals surface area contributed by atoms with Crippen LogP contribution in [0.15, 0.2) is 106 Å². The second-order valence-electron chi connectivity index (χ2n) is 6.84. The first-order chi connectivity index (χ1) is 15.3. The summed E-state index contributed by atoms with van der Waals surface area (Å²) in [6, 6.07) is 24.3. The molecule has 0 fully saturated rings. The van der Waals surface area contributed by atoms with E-state index < -0.39 is 0 Å². The van der Waals surface area contributed by atoms with E-state index >= 15 is 0 Å². The molecular weight excluding hydrogens is 390 g/mol. The summed E-state index contributed by atoms with van der Waals surface area (Å²) in [7, 11) is 0. The van der Waals surface area contributed by atoms with Gasteiger partial charge in [0, 0.05) is 22.4 Å². The van der Waals surface area contributed by atoms with Crippen LogP contribution in [0.1, 0.15) is 10.4 Å². The molecule has 0 radical (unpaired) electrons. The largest absolute Gasteiger partial charge is 0.444 e. The number of nitrogens with one attached hydrogen (secondary N) is 1. The average Bonchev–Trinajstić information content (AvgIpc) is 3.53. The molecule has 0 aliphatic heterocycles. The molecule has 5 rings (SSSR count). The van der Waals surface area contributed by atoms with E-state index in [1.165, 1.54) is 6.39 Å². The quantitative estimate of drug-likeness (QED) is 0.391. The molecule has 150 valence electrons. The monoisotopic (exact) mass is 407 g/mol. The number of amides is 1. The fraction of sp³-hybridized carbons (Fsp3) is 0. The van der Waals surface area contributed by atoms with Gasteiger partial charge in [-0.15, -0.1) is 0 Å². The lowest BCUT2D eigenvalue weighted by molar-refractivity contribution is 0.102. The minimum atomic E-state index is -0.248. The fourth-order valence-corrected chi connectivity index (χ4v) is 3.28. The molecule has 2 aromatic heterocycles. The summed E-state index contributed by atoms with van der Waals surface area (Å²) in [4.78, 5) is 21.3. The SMILES string of the molecule is O=C(Nc1ccc(-c2cnco2)cc1)c1ccccc1-c1ncc(-c2ccccc2)o1. The Hall–Kier alpha value is -4.45. The summed E-state index contributed by atoms with van der Waals surface area (Å²) >= 11 is 0. The first-order valence-electron chi connectivity index (χ1n) is 9.69. The summed E-state index contributed by atoms with van der Waals surface area (Å²) < 4.78 is 11.2. The summed E-state index contributed by atoms with van der Waals surface area (Å²) in [5.41, 5.74) is 3.57. The molecule has 0 saturated heterocycles. The van der Waals surface area contributed by atoms with E-state index in [9.17, 15) is 4.79 Å². The van der Waals surface area contributed by atoms with E-state index in [1.807, 2.05) is 72.8 Å². The zero-order chi connectivity index (χ0) is 21.0. The molecule has 0 unspecified atom stereocenters. The summed E-state index contributed by atoms with van der Waals surface area (Å²) in [6.45, 7) is 0. The van der Waals surface area contributed by atoms with Crippen LogP contribution in [0, 0.1) is 0 Å². The lowest BCUT2D eigenvalue weighted by atomic mass is 10.1. The Labute approximate surface area is 178 Å². The third-order valence-electron chi connectivity index (χ3n) is 4.83. The smallest absolute Gasteiger partial charge is 0.256 e. The van der Waals surface area contributed by atoms with Crippen molar-refractivity contribution in [1.29, 1.82) is 0 Å². The van der Waals surface area contributed by atoms with Gasteiger partial charge in [-0.2, -0.15) is 0 Å². The van der Waals surface area contributed by atoms with Gasteiger partial charge in [0.05, 0.1) is 18.0 Å². The summed E-state index contributed by atoms with van der Waals surface area (Å²) in [5, 5.41) is 2.92. The number of rotatable bonds is 5. The molecule has 5 aromatic rings. The van der Waals surface area contributed by atoms with Crippen LogP contribution in [0.4, 0.5) is 5.69 Å². The van der Waals surface area contributed by atoms with Gasteiger partial charge in [0.15, 0.2) is 17.9 Å². The Balaban J connectivity index is 1.39. The maximum Gasteiger partial charge on any atom is 0.256 e. The highest BCUT2D eigenvalue weighted by molar-refractivity contribution is 6.08. The molecule has 2 heterocycles. The second-order valence-corrected chi connectivity index (χ2v) is 6.84. The number of carbonyl (C=O) groups excluding carboxylic acids is 1. The molecule has 0 bridgehead atoms. The van der Waals surface area contributed by atoms with Crippen molar-refractivity contribution in [3.63, 3.8) is 0 Å². The first kappa shape index (κ1) is 18.6. The van der Waals surface area contributed by atoms with Crippen molar-refractivity contribution in [2.75, 3.05) is 5.32 Å². The van der Waals surface area contributed by atoms with Gasteiger partial charge in [-0.3, -0.25) is 4.79 Å². The van der Waals surface area contributed by atoms with Gasteiger partial charge in [-0.05, 0) is 36.4 Å². The predicted molar refractivity (Wildman–Crippen MR) is 117 cm³/mol. The molecule has 1 N–H and O–H groups in total. The van der Waals surface area contributed by atoms with Crippen LogP contribution in [0.25, 0.3) is 34.1 Å². The van der Waals surface area contributed by atoms with Crippen molar-refractivity contribution in [3.05, 3.63) is 103 Å². The Morgan fingerprint density at radius 2 is 1.52 bits per heavy atom. The molecule has 0 aliphatic rings. The van der Waals surface area contributed by atoms with Gasteiger partial charge < -0.3 is 14.2 Å². The maximum absolute atomic E-state index is 13.0. The van der Waals surface area contributed by atoms with E-state index in [1.54, 1.807) is 18.5 Å². The number of hydrogen-bond donors (Lipinski definition) is 1. The molecule has 0 atom stereocenters. The van der Waals surface area contributed by atoms with Crippen LogP contribution in [-0.4, -0.2) is 15.9 Å². The summed E-state index contributed by atoms with van der Waals surface area (Å²) in [6.07, 6.45) is 4.69. The lowest BCUT2D eigenvalue weighted by Gasteiger charge is -2.09. The predicted octanol–water partition coefficient (Wildman–Crippen LogP) is 5.92. The fourth-order valence-electron chi connectivity index (χ4n) is 3.28. The molecule has 0 spiro atoms. The second kappa shape index (κ2) is 8.12. The van der Waals surface area contributed by atoms with Gasteiger partial charge in [-0.25, -0.2) is 9.97 Å². The van der Waals surface area contributed by atoms with Crippen LogP contribution in [-0.2, 0) is 0 Å². The van der Waals surface area contributed by atoms with Crippen LogP contribution in [0.5, 0.6) is 0 Å².